The van der Waals surface area contributed by atoms with E-state index in [9.17, 15) is 4.79 Å². The Labute approximate surface area is 127 Å². The van der Waals surface area contributed by atoms with Gasteiger partial charge in [0.25, 0.3) is 0 Å². The van der Waals surface area contributed by atoms with Gasteiger partial charge < -0.3 is 10.5 Å². The predicted molar refractivity (Wildman–Crippen MR) is 85.7 cm³/mol. The van der Waals surface area contributed by atoms with Gasteiger partial charge in [0, 0.05) is 18.7 Å². The summed E-state index contributed by atoms with van der Waals surface area (Å²) in [4.78, 5) is 15.0. The van der Waals surface area contributed by atoms with Gasteiger partial charge in [-0.15, -0.1) is 0 Å². The van der Waals surface area contributed by atoms with Gasteiger partial charge >= 0.3 is 0 Å². The quantitative estimate of drug-likeness (QED) is 0.684. The van der Waals surface area contributed by atoms with Crippen LogP contribution in [0.3, 0.4) is 0 Å². The maximum Gasteiger partial charge on any atom is 0.179 e. The van der Waals surface area contributed by atoms with Crippen LogP contribution in [0.1, 0.15) is 37.6 Å². The van der Waals surface area contributed by atoms with E-state index in [-0.39, 0.29) is 11.8 Å². The topological polar surface area (TPSA) is 55.6 Å². The van der Waals surface area contributed by atoms with E-state index in [1.165, 1.54) is 6.42 Å². The molecule has 1 heterocycles. The highest BCUT2D eigenvalue weighted by Crippen LogP contribution is 2.26. The average Bonchev–Trinajstić information content (AvgIpc) is 2.44. The van der Waals surface area contributed by atoms with Crippen LogP contribution in [-0.2, 0) is 0 Å². The van der Waals surface area contributed by atoms with E-state index in [0.717, 1.165) is 13.1 Å². The molecule has 0 bridgehead atoms. The monoisotopic (exact) mass is 290 g/mol. The zero-order chi connectivity index (χ0) is 15.6. The number of likely N-dealkylation sites (tertiary alicyclic amines) is 1. The zero-order valence-corrected chi connectivity index (χ0v) is 13.4. The minimum Gasteiger partial charge on any atom is -0.495 e. The third-order valence-corrected chi connectivity index (χ3v) is 4.34. The van der Waals surface area contributed by atoms with Gasteiger partial charge in [0.2, 0.25) is 0 Å². The van der Waals surface area contributed by atoms with Crippen molar-refractivity contribution in [2.24, 2.45) is 11.8 Å². The average molecular weight is 290 g/mol. The molecule has 2 N–H and O–H groups in total. The Kier molecular flexibility index (Phi) is 4.88. The van der Waals surface area contributed by atoms with E-state index in [2.05, 4.69) is 18.7 Å². The molecule has 0 aromatic heterocycles. The van der Waals surface area contributed by atoms with E-state index < -0.39 is 0 Å². The van der Waals surface area contributed by atoms with Crippen LogP contribution in [0.25, 0.3) is 0 Å². The molecule has 4 heteroatoms. The highest BCUT2D eigenvalue weighted by atomic mass is 16.5. The number of Topliss-reactive ketones (excluding diaryl/α,β-unsaturated/α-hetero) is 1. The number of ether oxygens (including phenoxy) is 1. The van der Waals surface area contributed by atoms with Crippen LogP contribution >= 0.6 is 0 Å². The van der Waals surface area contributed by atoms with Crippen molar-refractivity contribution < 1.29 is 9.53 Å². The van der Waals surface area contributed by atoms with Gasteiger partial charge in [-0.05, 0) is 43.4 Å². The Hall–Kier alpha value is -1.55. The highest BCUT2D eigenvalue weighted by molar-refractivity contribution is 6.00. The summed E-state index contributed by atoms with van der Waals surface area (Å²) in [5.41, 5.74) is 7.07. The smallest absolute Gasteiger partial charge is 0.179 e. The SMILES string of the molecule is COc1ccc(C(=O)C(C)N2CC(C)CC(C)C2)cc1N. The lowest BCUT2D eigenvalue weighted by atomic mass is 9.90. The lowest BCUT2D eigenvalue weighted by Gasteiger charge is -2.38. The van der Waals surface area contributed by atoms with E-state index in [0.29, 0.717) is 28.8 Å². The van der Waals surface area contributed by atoms with Crippen LogP contribution in [0.15, 0.2) is 18.2 Å². The lowest BCUT2D eigenvalue weighted by Crippen LogP contribution is -2.47. The Morgan fingerprint density at radius 3 is 2.48 bits per heavy atom. The van der Waals surface area contributed by atoms with Crippen LogP contribution in [0.4, 0.5) is 5.69 Å². The van der Waals surface area contributed by atoms with Crippen molar-refractivity contribution in [1.29, 1.82) is 0 Å². The number of carbonyl (C=O) groups is 1. The van der Waals surface area contributed by atoms with Crippen molar-refractivity contribution in [3.8, 4) is 5.75 Å². The van der Waals surface area contributed by atoms with Gasteiger partial charge in [-0.2, -0.15) is 0 Å². The Bertz CT molecular complexity index is 506. The molecule has 1 aliphatic heterocycles. The second-order valence-corrected chi connectivity index (χ2v) is 6.40. The number of hydrogen-bond donors (Lipinski definition) is 1. The Balaban J connectivity index is 2.13. The Morgan fingerprint density at radius 1 is 1.33 bits per heavy atom. The van der Waals surface area contributed by atoms with Crippen molar-refractivity contribution in [3.63, 3.8) is 0 Å². The first-order valence-corrected chi connectivity index (χ1v) is 7.64. The predicted octanol–water partition coefficient (Wildman–Crippen LogP) is 2.83. The number of nitrogens with zero attached hydrogens (tertiary/aromatic N) is 1. The fourth-order valence-corrected chi connectivity index (χ4v) is 3.32. The summed E-state index contributed by atoms with van der Waals surface area (Å²) in [6.07, 6.45) is 1.24. The molecule has 3 unspecified atom stereocenters. The third-order valence-electron chi connectivity index (χ3n) is 4.34. The van der Waals surface area contributed by atoms with E-state index >= 15 is 0 Å². The first-order valence-electron chi connectivity index (χ1n) is 7.64. The molecule has 0 saturated carbocycles. The van der Waals surface area contributed by atoms with Crippen LogP contribution in [0.2, 0.25) is 0 Å². The van der Waals surface area contributed by atoms with Crippen molar-refractivity contribution >= 4 is 11.5 Å². The van der Waals surface area contributed by atoms with Crippen LogP contribution in [0, 0.1) is 11.8 Å². The summed E-state index contributed by atoms with van der Waals surface area (Å²) in [5, 5.41) is 0. The molecule has 1 saturated heterocycles. The number of nitrogen functional groups attached to an aromatic ring is 1. The van der Waals surface area contributed by atoms with Crippen molar-refractivity contribution in [2.45, 2.75) is 33.2 Å². The first-order chi connectivity index (χ1) is 9.92. The molecular formula is C17H26N2O2. The van der Waals surface area contributed by atoms with Crippen LogP contribution in [-0.4, -0.2) is 36.9 Å². The molecule has 0 aliphatic carbocycles. The lowest BCUT2D eigenvalue weighted by molar-refractivity contribution is 0.0686. The first kappa shape index (κ1) is 15.8. The van der Waals surface area contributed by atoms with Gasteiger partial charge in [0.15, 0.2) is 5.78 Å². The van der Waals surface area contributed by atoms with Gasteiger partial charge in [0.05, 0.1) is 18.8 Å². The van der Waals surface area contributed by atoms with Crippen LogP contribution < -0.4 is 10.5 Å². The second-order valence-electron chi connectivity index (χ2n) is 6.40. The molecule has 3 atom stereocenters. The molecule has 4 nitrogen and oxygen atoms in total. The fraction of sp³-hybridized carbons (Fsp3) is 0.588. The third kappa shape index (κ3) is 3.56. The summed E-state index contributed by atoms with van der Waals surface area (Å²) >= 11 is 0. The summed E-state index contributed by atoms with van der Waals surface area (Å²) in [5.74, 6) is 2.03. The maximum atomic E-state index is 12.7. The van der Waals surface area contributed by atoms with Gasteiger partial charge in [0.1, 0.15) is 5.75 Å². The van der Waals surface area contributed by atoms with Crippen molar-refractivity contribution in [3.05, 3.63) is 23.8 Å². The summed E-state index contributed by atoms with van der Waals surface area (Å²) in [7, 11) is 1.58. The van der Waals surface area contributed by atoms with Gasteiger partial charge in [-0.1, -0.05) is 13.8 Å². The van der Waals surface area contributed by atoms with Crippen molar-refractivity contribution in [2.75, 3.05) is 25.9 Å². The zero-order valence-electron chi connectivity index (χ0n) is 13.4. The largest absolute Gasteiger partial charge is 0.495 e. The fourth-order valence-electron chi connectivity index (χ4n) is 3.32. The van der Waals surface area contributed by atoms with E-state index in [1.807, 2.05) is 6.92 Å². The second kappa shape index (κ2) is 6.48. The molecule has 0 amide bonds. The minimum absolute atomic E-state index is 0.108. The van der Waals surface area contributed by atoms with E-state index in [4.69, 9.17) is 10.5 Å². The number of carbonyl (C=O) groups excluding carboxylic acids is 1. The number of rotatable bonds is 4. The number of hydrogen-bond acceptors (Lipinski definition) is 4. The van der Waals surface area contributed by atoms with E-state index in [1.54, 1.807) is 25.3 Å². The number of piperidine rings is 1. The number of nitrogens with two attached hydrogens (primary N) is 1. The van der Waals surface area contributed by atoms with Gasteiger partial charge in [-0.3, -0.25) is 9.69 Å². The number of benzene rings is 1. The molecule has 1 fully saturated rings. The molecule has 2 rings (SSSR count). The van der Waals surface area contributed by atoms with Gasteiger partial charge in [-0.25, -0.2) is 0 Å². The standard InChI is InChI=1S/C17H26N2O2/c1-11-7-12(2)10-19(9-11)13(3)17(20)14-5-6-16(21-4)15(18)8-14/h5-6,8,11-13H,7,9-10,18H2,1-4H3. The molecule has 116 valence electrons. The molecule has 21 heavy (non-hydrogen) atoms. The molecule has 0 radical (unpaired) electrons. The molecule has 0 spiro atoms. The number of ketones is 1. The number of methoxy groups -OCH3 is 1. The minimum atomic E-state index is -0.108. The highest BCUT2D eigenvalue weighted by Gasteiger charge is 2.29. The Morgan fingerprint density at radius 2 is 1.95 bits per heavy atom. The molecule has 1 aromatic rings. The summed E-state index contributed by atoms with van der Waals surface area (Å²) in [6, 6.07) is 5.17. The molecular weight excluding hydrogens is 264 g/mol. The maximum absolute atomic E-state index is 12.7. The normalized spacial score (nSPS) is 24.6. The van der Waals surface area contributed by atoms with Crippen molar-refractivity contribution in [1.82, 2.24) is 4.90 Å². The summed E-state index contributed by atoms with van der Waals surface area (Å²) < 4.78 is 5.14. The molecule has 1 aliphatic rings. The van der Waals surface area contributed by atoms with Crippen LogP contribution in [0.5, 0.6) is 5.75 Å². The summed E-state index contributed by atoms with van der Waals surface area (Å²) in [6.45, 7) is 8.48. The number of anilines is 1. The molecule has 1 aromatic carbocycles.